The molecule has 0 spiro atoms. The van der Waals surface area contributed by atoms with E-state index in [9.17, 15) is 4.79 Å². The Kier molecular flexibility index (Phi) is 4.89. The first-order valence-corrected chi connectivity index (χ1v) is 9.00. The number of nitrogens with zero attached hydrogens (tertiary/aromatic N) is 3. The van der Waals surface area contributed by atoms with Crippen LogP contribution in [0.5, 0.6) is 5.75 Å². The zero-order valence-electron chi connectivity index (χ0n) is 15.2. The summed E-state index contributed by atoms with van der Waals surface area (Å²) < 4.78 is 7.21. The third-order valence-corrected chi connectivity index (χ3v) is 4.81. The van der Waals surface area contributed by atoms with Gasteiger partial charge in [0.1, 0.15) is 5.75 Å². The molecule has 138 valence electrons. The van der Waals surface area contributed by atoms with Crippen molar-refractivity contribution in [2.45, 2.75) is 19.0 Å². The first kappa shape index (κ1) is 17.3. The Morgan fingerprint density at radius 2 is 2.04 bits per heavy atom. The Bertz CT molecular complexity index is 909. The molecular weight excluding hydrogens is 340 g/mol. The van der Waals surface area contributed by atoms with E-state index < -0.39 is 0 Å². The first-order valence-electron chi connectivity index (χ1n) is 9.00. The lowest BCUT2D eigenvalue weighted by atomic mass is 10.1. The smallest absolute Gasteiger partial charge is 0.228 e. The van der Waals surface area contributed by atoms with E-state index in [0.717, 1.165) is 22.7 Å². The molecule has 1 amide bonds. The number of aromatic nitrogens is 2. The van der Waals surface area contributed by atoms with Crippen LogP contribution in [0.1, 0.15) is 12.0 Å². The second-order valence-electron chi connectivity index (χ2n) is 6.57. The summed E-state index contributed by atoms with van der Waals surface area (Å²) >= 11 is 0. The van der Waals surface area contributed by atoms with Gasteiger partial charge in [-0.2, -0.15) is 5.10 Å². The van der Waals surface area contributed by atoms with Crippen LogP contribution in [0.15, 0.2) is 67.0 Å². The van der Waals surface area contributed by atoms with Gasteiger partial charge in [-0.25, -0.2) is 4.68 Å². The molecule has 2 aromatic carbocycles. The number of ether oxygens (including phenoxy) is 1. The number of methoxy groups -OCH3 is 1. The quantitative estimate of drug-likeness (QED) is 0.733. The molecule has 1 aromatic heterocycles. The predicted octanol–water partition coefficient (Wildman–Crippen LogP) is 2.78. The number of nitrogens with one attached hydrogen (secondary N) is 1. The molecule has 1 aliphatic rings. The van der Waals surface area contributed by atoms with Crippen LogP contribution in [0.25, 0.3) is 5.69 Å². The van der Waals surface area contributed by atoms with E-state index in [1.54, 1.807) is 13.3 Å². The lowest BCUT2D eigenvalue weighted by Gasteiger charge is -2.18. The van der Waals surface area contributed by atoms with Crippen LogP contribution in [-0.2, 0) is 11.3 Å². The van der Waals surface area contributed by atoms with Gasteiger partial charge in [0.05, 0.1) is 12.8 Å². The molecule has 2 heterocycles. The van der Waals surface area contributed by atoms with Gasteiger partial charge in [-0.15, -0.1) is 0 Å². The SMILES string of the molecule is COc1ccc(-n2cccn2)c(CNC2CC(=O)N(c3ccccc3)C2)c1. The van der Waals surface area contributed by atoms with Crippen molar-refractivity contribution in [3.8, 4) is 11.4 Å². The molecule has 1 atom stereocenters. The first-order chi connectivity index (χ1) is 13.2. The molecule has 0 aliphatic carbocycles. The monoisotopic (exact) mass is 362 g/mol. The van der Waals surface area contributed by atoms with E-state index in [2.05, 4.69) is 10.4 Å². The fourth-order valence-corrected chi connectivity index (χ4v) is 3.42. The highest BCUT2D eigenvalue weighted by molar-refractivity contribution is 5.96. The molecule has 0 radical (unpaired) electrons. The Balaban J connectivity index is 1.48. The third kappa shape index (κ3) is 3.71. The number of para-hydroxylation sites is 1. The lowest BCUT2D eigenvalue weighted by molar-refractivity contribution is -0.117. The molecule has 3 aromatic rings. The maximum absolute atomic E-state index is 12.4. The van der Waals surface area contributed by atoms with Crippen molar-refractivity contribution in [1.82, 2.24) is 15.1 Å². The predicted molar refractivity (Wildman–Crippen MR) is 104 cm³/mol. The number of anilines is 1. The van der Waals surface area contributed by atoms with Gasteiger partial charge in [0, 0.05) is 43.6 Å². The molecule has 1 N–H and O–H groups in total. The number of hydrogen-bond donors (Lipinski definition) is 1. The van der Waals surface area contributed by atoms with Crippen molar-refractivity contribution >= 4 is 11.6 Å². The molecule has 6 nitrogen and oxygen atoms in total. The van der Waals surface area contributed by atoms with E-state index in [-0.39, 0.29) is 11.9 Å². The standard InChI is InChI=1S/C21H22N4O2/c1-27-19-8-9-20(25-11-5-10-23-25)16(12-19)14-22-17-13-21(26)24(15-17)18-6-3-2-4-7-18/h2-12,17,22H,13-15H2,1H3. The lowest BCUT2D eigenvalue weighted by Crippen LogP contribution is -2.32. The maximum Gasteiger partial charge on any atom is 0.228 e. The van der Waals surface area contributed by atoms with Crippen molar-refractivity contribution in [3.63, 3.8) is 0 Å². The van der Waals surface area contributed by atoms with Gasteiger partial charge in [0.15, 0.2) is 0 Å². The van der Waals surface area contributed by atoms with Crippen molar-refractivity contribution < 1.29 is 9.53 Å². The van der Waals surface area contributed by atoms with Crippen molar-refractivity contribution in [2.24, 2.45) is 0 Å². The van der Waals surface area contributed by atoms with E-state index in [0.29, 0.717) is 19.5 Å². The number of hydrogen-bond acceptors (Lipinski definition) is 4. The Labute approximate surface area is 158 Å². The highest BCUT2D eigenvalue weighted by Crippen LogP contribution is 2.23. The zero-order valence-corrected chi connectivity index (χ0v) is 15.2. The Morgan fingerprint density at radius 1 is 1.19 bits per heavy atom. The van der Waals surface area contributed by atoms with Crippen LogP contribution in [-0.4, -0.2) is 35.4 Å². The summed E-state index contributed by atoms with van der Waals surface area (Å²) in [4.78, 5) is 14.2. The highest BCUT2D eigenvalue weighted by atomic mass is 16.5. The normalized spacial score (nSPS) is 16.7. The van der Waals surface area contributed by atoms with Crippen LogP contribution in [0.4, 0.5) is 5.69 Å². The van der Waals surface area contributed by atoms with Crippen LogP contribution in [0.3, 0.4) is 0 Å². The van der Waals surface area contributed by atoms with E-state index >= 15 is 0 Å². The maximum atomic E-state index is 12.4. The minimum atomic E-state index is 0.106. The summed E-state index contributed by atoms with van der Waals surface area (Å²) in [5.74, 6) is 0.952. The van der Waals surface area contributed by atoms with Crippen molar-refractivity contribution in [3.05, 3.63) is 72.6 Å². The minimum absolute atomic E-state index is 0.106. The Morgan fingerprint density at radius 3 is 2.78 bits per heavy atom. The van der Waals surface area contributed by atoms with Crippen LogP contribution in [0.2, 0.25) is 0 Å². The third-order valence-electron chi connectivity index (χ3n) is 4.81. The van der Waals surface area contributed by atoms with Gasteiger partial charge in [0.2, 0.25) is 5.91 Å². The zero-order chi connectivity index (χ0) is 18.6. The van der Waals surface area contributed by atoms with Gasteiger partial charge in [-0.05, 0) is 42.0 Å². The number of carbonyl (C=O) groups excluding carboxylic acids is 1. The molecule has 1 unspecified atom stereocenters. The molecule has 0 saturated carbocycles. The minimum Gasteiger partial charge on any atom is -0.497 e. The van der Waals surface area contributed by atoms with E-state index in [1.807, 2.05) is 70.4 Å². The van der Waals surface area contributed by atoms with Gasteiger partial charge in [-0.3, -0.25) is 4.79 Å². The second kappa shape index (κ2) is 7.63. The van der Waals surface area contributed by atoms with E-state index in [1.165, 1.54) is 0 Å². The molecule has 4 rings (SSSR count). The number of benzene rings is 2. The molecular formula is C21H22N4O2. The summed E-state index contributed by atoms with van der Waals surface area (Å²) in [6, 6.07) is 17.7. The van der Waals surface area contributed by atoms with Crippen LogP contribution >= 0.6 is 0 Å². The highest BCUT2D eigenvalue weighted by Gasteiger charge is 2.30. The van der Waals surface area contributed by atoms with Crippen LogP contribution in [0, 0.1) is 0 Å². The summed E-state index contributed by atoms with van der Waals surface area (Å²) in [5.41, 5.74) is 3.02. The molecule has 0 bridgehead atoms. The summed E-state index contributed by atoms with van der Waals surface area (Å²) in [5, 5.41) is 7.85. The average molecular weight is 362 g/mol. The summed E-state index contributed by atoms with van der Waals surface area (Å²) in [7, 11) is 1.66. The summed E-state index contributed by atoms with van der Waals surface area (Å²) in [6.45, 7) is 1.30. The number of carbonyl (C=O) groups is 1. The largest absolute Gasteiger partial charge is 0.497 e. The average Bonchev–Trinajstić information content (AvgIpc) is 3.36. The van der Waals surface area contributed by atoms with Crippen molar-refractivity contribution in [1.29, 1.82) is 0 Å². The van der Waals surface area contributed by atoms with Crippen molar-refractivity contribution in [2.75, 3.05) is 18.6 Å². The topological polar surface area (TPSA) is 59.4 Å². The fourth-order valence-electron chi connectivity index (χ4n) is 3.42. The molecule has 27 heavy (non-hydrogen) atoms. The number of rotatable bonds is 6. The van der Waals surface area contributed by atoms with Gasteiger partial charge < -0.3 is 15.0 Å². The van der Waals surface area contributed by atoms with Gasteiger partial charge in [0.25, 0.3) is 0 Å². The fraction of sp³-hybridized carbons (Fsp3) is 0.238. The molecule has 6 heteroatoms. The van der Waals surface area contributed by atoms with Gasteiger partial charge >= 0.3 is 0 Å². The summed E-state index contributed by atoms with van der Waals surface area (Å²) in [6.07, 6.45) is 4.17. The van der Waals surface area contributed by atoms with Crippen LogP contribution < -0.4 is 15.0 Å². The number of amides is 1. The Hall–Kier alpha value is -3.12. The van der Waals surface area contributed by atoms with E-state index in [4.69, 9.17) is 4.74 Å². The molecule has 1 fully saturated rings. The van der Waals surface area contributed by atoms with Gasteiger partial charge in [-0.1, -0.05) is 18.2 Å². The second-order valence-corrected chi connectivity index (χ2v) is 6.57. The molecule has 1 aliphatic heterocycles. The molecule has 1 saturated heterocycles.